The molecular formula is C18H20N2O. The third-order valence-corrected chi connectivity index (χ3v) is 2.78. The first kappa shape index (κ1) is 16.4. The summed E-state index contributed by atoms with van der Waals surface area (Å²) < 4.78 is 0. The summed E-state index contributed by atoms with van der Waals surface area (Å²) >= 11 is 0. The largest absolute Gasteiger partial charge is 0.335 e. The van der Waals surface area contributed by atoms with Crippen molar-refractivity contribution in [2.24, 2.45) is 0 Å². The number of allylic oxidation sites excluding steroid dienone is 10. The van der Waals surface area contributed by atoms with Crippen LogP contribution in [0.25, 0.3) is 5.57 Å². The number of carbonyl (C=O) groups excluding carboxylic acids is 1. The second-order valence-electron chi connectivity index (χ2n) is 4.17. The summed E-state index contributed by atoms with van der Waals surface area (Å²) in [6, 6.07) is 0. The predicted molar refractivity (Wildman–Crippen MR) is 89.0 cm³/mol. The minimum atomic E-state index is -0.183. The van der Waals surface area contributed by atoms with Gasteiger partial charge in [-0.25, -0.2) is 4.98 Å². The van der Waals surface area contributed by atoms with Crippen molar-refractivity contribution in [2.75, 3.05) is 0 Å². The number of aromatic nitrogens is 2. The number of hydrogen-bond acceptors (Lipinski definition) is 2. The monoisotopic (exact) mass is 280 g/mol. The van der Waals surface area contributed by atoms with Crippen molar-refractivity contribution in [3.8, 4) is 0 Å². The van der Waals surface area contributed by atoms with E-state index in [1.807, 2.05) is 38.2 Å². The quantitative estimate of drug-likeness (QED) is 0.456. The van der Waals surface area contributed by atoms with E-state index in [2.05, 4.69) is 23.1 Å². The Labute approximate surface area is 125 Å². The van der Waals surface area contributed by atoms with Crippen molar-refractivity contribution < 1.29 is 4.79 Å². The molecule has 1 heterocycles. The van der Waals surface area contributed by atoms with E-state index >= 15 is 0 Å². The van der Waals surface area contributed by atoms with E-state index in [0.29, 0.717) is 11.4 Å². The third-order valence-electron chi connectivity index (χ3n) is 2.78. The first-order chi connectivity index (χ1) is 10.2. The number of aromatic amines is 1. The number of nitrogens with zero attached hydrogens (tertiary/aromatic N) is 1. The SMILES string of the molecule is C=C/C=C\C(=C/C)c1cnc(C(=O)/C(C=C)=C/C=C\C)[nH]1. The van der Waals surface area contributed by atoms with E-state index in [9.17, 15) is 4.79 Å². The fourth-order valence-electron chi connectivity index (χ4n) is 1.67. The smallest absolute Gasteiger partial charge is 0.228 e. The van der Waals surface area contributed by atoms with Crippen LogP contribution in [0.2, 0.25) is 0 Å². The van der Waals surface area contributed by atoms with Crippen molar-refractivity contribution in [3.63, 3.8) is 0 Å². The molecule has 0 radical (unpaired) electrons. The molecule has 0 aliphatic rings. The predicted octanol–water partition coefficient (Wildman–Crippen LogP) is 4.43. The number of H-pyrrole nitrogens is 1. The molecule has 0 saturated carbocycles. The third kappa shape index (κ3) is 4.42. The summed E-state index contributed by atoms with van der Waals surface area (Å²) in [4.78, 5) is 19.5. The standard InChI is InChI=1S/C18H20N2O/c1-5-9-11-14(7-3)16-13-19-18(20-16)17(21)15(8-4)12-10-6-2/h5-13H,1,4H2,2-3H3,(H,19,20)/b10-6-,11-9-,14-7+,15-12+. The van der Waals surface area contributed by atoms with E-state index in [1.165, 1.54) is 6.08 Å². The van der Waals surface area contributed by atoms with E-state index in [4.69, 9.17) is 0 Å². The number of imidazole rings is 1. The molecule has 0 aliphatic carbocycles. The molecular weight excluding hydrogens is 260 g/mol. The van der Waals surface area contributed by atoms with Gasteiger partial charge in [0, 0.05) is 5.57 Å². The van der Waals surface area contributed by atoms with Crippen LogP contribution in [-0.4, -0.2) is 15.8 Å². The van der Waals surface area contributed by atoms with Crippen LogP contribution in [0, 0.1) is 0 Å². The van der Waals surface area contributed by atoms with Crippen LogP contribution < -0.4 is 0 Å². The number of nitrogens with one attached hydrogen (secondary N) is 1. The molecule has 0 saturated heterocycles. The lowest BCUT2D eigenvalue weighted by Crippen LogP contribution is -2.03. The summed E-state index contributed by atoms with van der Waals surface area (Å²) in [5, 5.41) is 0. The second-order valence-corrected chi connectivity index (χ2v) is 4.17. The Kier molecular flexibility index (Phi) is 6.61. The Morgan fingerprint density at radius 2 is 2.05 bits per heavy atom. The highest BCUT2D eigenvalue weighted by Gasteiger charge is 2.13. The number of ketones is 1. The maximum absolute atomic E-state index is 12.3. The Hall–Kier alpha value is -2.68. The zero-order valence-electron chi connectivity index (χ0n) is 12.5. The molecule has 1 rings (SSSR count). The molecule has 0 aliphatic heterocycles. The van der Waals surface area contributed by atoms with Gasteiger partial charge in [0.05, 0.1) is 11.9 Å². The molecule has 1 N–H and O–H groups in total. The Morgan fingerprint density at radius 3 is 2.62 bits per heavy atom. The number of carbonyl (C=O) groups is 1. The van der Waals surface area contributed by atoms with Crippen molar-refractivity contribution in [1.82, 2.24) is 9.97 Å². The van der Waals surface area contributed by atoms with Crippen LogP contribution >= 0.6 is 0 Å². The Morgan fingerprint density at radius 1 is 1.29 bits per heavy atom. The maximum Gasteiger partial charge on any atom is 0.228 e. The van der Waals surface area contributed by atoms with E-state index in [-0.39, 0.29) is 5.78 Å². The van der Waals surface area contributed by atoms with Crippen molar-refractivity contribution in [3.05, 3.63) is 85.1 Å². The summed E-state index contributed by atoms with van der Waals surface area (Å²) in [6.07, 6.45) is 15.9. The molecule has 0 unspecified atom stereocenters. The lowest BCUT2D eigenvalue weighted by molar-refractivity contribution is 0.102. The average Bonchev–Trinajstić information content (AvgIpc) is 2.98. The second kappa shape index (κ2) is 8.48. The van der Waals surface area contributed by atoms with Crippen LogP contribution in [-0.2, 0) is 0 Å². The van der Waals surface area contributed by atoms with Crippen molar-refractivity contribution >= 4 is 11.4 Å². The van der Waals surface area contributed by atoms with Gasteiger partial charge >= 0.3 is 0 Å². The highest BCUT2D eigenvalue weighted by molar-refractivity contribution is 6.08. The van der Waals surface area contributed by atoms with Gasteiger partial charge in [-0.05, 0) is 19.4 Å². The number of Topliss-reactive ketones (excluding diaryl/α,β-unsaturated/α-hetero) is 1. The highest BCUT2D eigenvalue weighted by atomic mass is 16.1. The lowest BCUT2D eigenvalue weighted by Gasteiger charge is -1.98. The first-order valence-corrected chi connectivity index (χ1v) is 6.68. The summed E-state index contributed by atoms with van der Waals surface area (Å²) in [7, 11) is 0. The maximum atomic E-state index is 12.3. The van der Waals surface area contributed by atoms with E-state index in [1.54, 1.807) is 24.4 Å². The fraction of sp³-hybridized carbons (Fsp3) is 0.111. The molecule has 3 nitrogen and oxygen atoms in total. The molecule has 0 amide bonds. The number of rotatable bonds is 7. The Balaban J connectivity index is 3.07. The first-order valence-electron chi connectivity index (χ1n) is 6.68. The minimum absolute atomic E-state index is 0.183. The molecule has 108 valence electrons. The van der Waals surface area contributed by atoms with Crippen molar-refractivity contribution in [1.29, 1.82) is 0 Å². The normalized spacial score (nSPS) is 13.0. The van der Waals surface area contributed by atoms with E-state index < -0.39 is 0 Å². The van der Waals surface area contributed by atoms with E-state index in [0.717, 1.165) is 11.3 Å². The zero-order chi connectivity index (χ0) is 15.7. The van der Waals surface area contributed by atoms with Gasteiger partial charge in [0.15, 0.2) is 5.82 Å². The molecule has 0 bridgehead atoms. The molecule has 1 aromatic rings. The summed E-state index contributed by atoms with van der Waals surface area (Å²) in [5.41, 5.74) is 2.23. The number of hydrogen-bond donors (Lipinski definition) is 1. The zero-order valence-corrected chi connectivity index (χ0v) is 12.5. The van der Waals surface area contributed by atoms with Gasteiger partial charge in [0.2, 0.25) is 5.78 Å². The van der Waals surface area contributed by atoms with Gasteiger partial charge in [-0.3, -0.25) is 4.79 Å². The van der Waals surface area contributed by atoms with Crippen LogP contribution in [0.15, 0.2) is 73.5 Å². The van der Waals surface area contributed by atoms with Gasteiger partial charge in [-0.1, -0.05) is 61.8 Å². The van der Waals surface area contributed by atoms with Crippen molar-refractivity contribution in [2.45, 2.75) is 13.8 Å². The molecule has 3 heteroatoms. The van der Waals surface area contributed by atoms with Gasteiger partial charge in [0.25, 0.3) is 0 Å². The summed E-state index contributed by atoms with van der Waals surface area (Å²) in [6.45, 7) is 11.1. The van der Waals surface area contributed by atoms with Gasteiger partial charge < -0.3 is 4.98 Å². The Bertz CT molecular complexity index is 640. The highest BCUT2D eigenvalue weighted by Crippen LogP contribution is 2.15. The molecule has 21 heavy (non-hydrogen) atoms. The molecule has 0 aromatic carbocycles. The topological polar surface area (TPSA) is 45.8 Å². The van der Waals surface area contributed by atoms with Gasteiger partial charge in [-0.15, -0.1) is 0 Å². The van der Waals surface area contributed by atoms with Gasteiger partial charge in [0.1, 0.15) is 0 Å². The van der Waals surface area contributed by atoms with Gasteiger partial charge in [-0.2, -0.15) is 0 Å². The van der Waals surface area contributed by atoms with Crippen LogP contribution in [0.4, 0.5) is 0 Å². The van der Waals surface area contributed by atoms with Crippen LogP contribution in [0.5, 0.6) is 0 Å². The molecule has 0 fully saturated rings. The van der Waals surface area contributed by atoms with Crippen LogP contribution in [0.1, 0.15) is 30.2 Å². The average molecular weight is 280 g/mol. The fourth-order valence-corrected chi connectivity index (χ4v) is 1.67. The van der Waals surface area contributed by atoms with Crippen LogP contribution in [0.3, 0.4) is 0 Å². The molecule has 1 aromatic heterocycles. The minimum Gasteiger partial charge on any atom is -0.335 e. The molecule has 0 atom stereocenters. The lowest BCUT2D eigenvalue weighted by atomic mass is 10.1. The summed E-state index contributed by atoms with van der Waals surface area (Å²) in [5.74, 6) is 0.115. The molecule has 0 spiro atoms.